The minimum Gasteiger partial charge on any atom is -0.344 e. The van der Waals surface area contributed by atoms with Crippen molar-refractivity contribution in [1.82, 2.24) is 10.3 Å². The number of pyridine rings is 1. The second-order valence-corrected chi connectivity index (χ2v) is 3.80. The zero-order chi connectivity index (χ0) is 11.5. The molecule has 0 aromatic carbocycles. The van der Waals surface area contributed by atoms with Crippen LogP contribution in [0.3, 0.4) is 0 Å². The second kappa shape index (κ2) is 4.61. The van der Waals surface area contributed by atoms with E-state index in [1.54, 1.807) is 0 Å². The summed E-state index contributed by atoms with van der Waals surface area (Å²) < 4.78 is 37.1. The lowest BCUT2D eigenvalue weighted by atomic mass is 10.3. The first-order valence-electron chi connectivity index (χ1n) is 3.86. The third kappa shape index (κ3) is 4.28. The van der Waals surface area contributed by atoms with Crippen molar-refractivity contribution in [3.63, 3.8) is 0 Å². The first kappa shape index (κ1) is 12.0. The van der Waals surface area contributed by atoms with E-state index >= 15 is 0 Å². The van der Waals surface area contributed by atoms with Crippen LogP contribution in [0.5, 0.6) is 0 Å². The Hall–Kier alpha value is -1.11. The molecule has 7 heteroatoms. The van der Waals surface area contributed by atoms with Gasteiger partial charge in [0.1, 0.15) is 5.69 Å². The number of carbonyl (C=O) groups is 1. The lowest BCUT2D eigenvalue weighted by Gasteiger charge is -2.09. The number of nitrogens with zero attached hydrogens (tertiary/aromatic N) is 1. The number of aromatic nitrogens is 1. The van der Waals surface area contributed by atoms with Gasteiger partial charge in [-0.3, -0.25) is 4.79 Å². The van der Waals surface area contributed by atoms with Gasteiger partial charge in [-0.2, -0.15) is 13.2 Å². The third-order valence-electron chi connectivity index (χ3n) is 1.40. The van der Waals surface area contributed by atoms with Crippen molar-refractivity contribution in [3.8, 4) is 0 Å². The average molecular weight is 283 g/mol. The highest BCUT2D eigenvalue weighted by Gasteiger charge is 2.24. The molecule has 0 radical (unpaired) electrons. The fraction of sp³-hybridized carbons (Fsp3) is 0.250. The summed E-state index contributed by atoms with van der Waals surface area (Å²) in [5.41, 5.74) is -0.244. The summed E-state index contributed by atoms with van der Waals surface area (Å²) >= 11 is 2.05. The SMILES string of the molecule is O=C(NCC(F)(F)Br)c1cccc(F)n1. The van der Waals surface area contributed by atoms with Crippen LogP contribution in [-0.4, -0.2) is 22.3 Å². The molecule has 1 heterocycles. The monoisotopic (exact) mass is 282 g/mol. The second-order valence-electron chi connectivity index (χ2n) is 2.64. The van der Waals surface area contributed by atoms with Gasteiger partial charge in [0.05, 0.1) is 6.54 Å². The van der Waals surface area contributed by atoms with Crippen LogP contribution in [0.15, 0.2) is 18.2 Å². The lowest BCUT2D eigenvalue weighted by molar-refractivity contribution is 0.0830. The molecule has 0 fully saturated rings. The van der Waals surface area contributed by atoms with Gasteiger partial charge in [-0.15, -0.1) is 0 Å². The number of hydrogen-bond donors (Lipinski definition) is 1. The molecule has 0 unspecified atom stereocenters. The Morgan fingerprint density at radius 2 is 2.20 bits per heavy atom. The molecule has 0 spiro atoms. The minimum absolute atomic E-state index is 0.244. The Bertz CT molecular complexity index is 367. The van der Waals surface area contributed by atoms with Crippen LogP contribution in [-0.2, 0) is 0 Å². The van der Waals surface area contributed by atoms with Crippen molar-refractivity contribution >= 4 is 21.8 Å². The summed E-state index contributed by atoms with van der Waals surface area (Å²) in [6, 6.07) is 3.55. The standard InChI is InChI=1S/C8H6BrF3N2O/c9-8(11,12)4-13-7(15)5-2-1-3-6(10)14-5/h1-3H,4H2,(H,13,15). The quantitative estimate of drug-likeness (QED) is 0.680. The van der Waals surface area contributed by atoms with E-state index < -0.39 is 23.2 Å². The van der Waals surface area contributed by atoms with E-state index in [1.807, 2.05) is 5.32 Å². The number of amides is 1. The van der Waals surface area contributed by atoms with Gasteiger partial charge in [0.25, 0.3) is 5.91 Å². The Kier molecular flexibility index (Phi) is 3.67. The van der Waals surface area contributed by atoms with Crippen molar-refractivity contribution in [2.75, 3.05) is 6.54 Å². The molecule has 1 aromatic rings. The fourth-order valence-electron chi connectivity index (χ4n) is 0.806. The largest absolute Gasteiger partial charge is 0.344 e. The normalized spacial score (nSPS) is 11.2. The highest BCUT2D eigenvalue weighted by atomic mass is 79.9. The van der Waals surface area contributed by atoms with Gasteiger partial charge < -0.3 is 5.32 Å². The molecule has 0 saturated heterocycles. The molecule has 1 aromatic heterocycles. The van der Waals surface area contributed by atoms with Crippen molar-refractivity contribution < 1.29 is 18.0 Å². The maximum absolute atomic E-state index is 12.6. The van der Waals surface area contributed by atoms with Crippen LogP contribution in [0, 0.1) is 5.95 Å². The summed E-state index contributed by atoms with van der Waals surface area (Å²) in [6.45, 7) is -0.885. The van der Waals surface area contributed by atoms with Crippen LogP contribution in [0.25, 0.3) is 0 Å². The van der Waals surface area contributed by atoms with Gasteiger partial charge in [0.2, 0.25) is 5.95 Å². The predicted molar refractivity (Wildman–Crippen MR) is 50.4 cm³/mol. The molecular weight excluding hydrogens is 277 g/mol. The topological polar surface area (TPSA) is 42.0 Å². The van der Waals surface area contributed by atoms with Crippen molar-refractivity contribution in [3.05, 3.63) is 29.8 Å². The molecule has 0 aliphatic carbocycles. The van der Waals surface area contributed by atoms with E-state index in [0.717, 1.165) is 6.07 Å². The maximum Gasteiger partial charge on any atom is 0.318 e. The molecule has 1 N–H and O–H groups in total. The third-order valence-corrected chi connectivity index (χ3v) is 1.68. The van der Waals surface area contributed by atoms with E-state index in [9.17, 15) is 18.0 Å². The van der Waals surface area contributed by atoms with E-state index in [4.69, 9.17) is 0 Å². The molecule has 15 heavy (non-hydrogen) atoms. The molecule has 0 atom stereocenters. The highest BCUT2D eigenvalue weighted by Crippen LogP contribution is 2.19. The van der Waals surface area contributed by atoms with Crippen LogP contribution in [0.2, 0.25) is 0 Å². The number of nitrogens with one attached hydrogen (secondary N) is 1. The van der Waals surface area contributed by atoms with Crippen LogP contribution >= 0.6 is 15.9 Å². The molecule has 0 aliphatic rings. The Morgan fingerprint density at radius 1 is 1.53 bits per heavy atom. The predicted octanol–water partition coefficient (Wildman–Crippen LogP) is 1.94. The Morgan fingerprint density at radius 3 is 2.73 bits per heavy atom. The van der Waals surface area contributed by atoms with Crippen LogP contribution < -0.4 is 5.32 Å². The fourth-order valence-corrected chi connectivity index (χ4v) is 0.946. The molecule has 1 rings (SSSR count). The van der Waals surface area contributed by atoms with E-state index in [2.05, 4.69) is 20.9 Å². The number of alkyl halides is 3. The van der Waals surface area contributed by atoms with E-state index in [-0.39, 0.29) is 5.69 Å². The van der Waals surface area contributed by atoms with Gasteiger partial charge in [-0.05, 0) is 28.1 Å². The van der Waals surface area contributed by atoms with Gasteiger partial charge in [0.15, 0.2) is 0 Å². The number of rotatable bonds is 3. The zero-order valence-corrected chi connectivity index (χ0v) is 8.89. The van der Waals surface area contributed by atoms with E-state index in [1.165, 1.54) is 12.1 Å². The highest BCUT2D eigenvalue weighted by molar-refractivity contribution is 9.10. The van der Waals surface area contributed by atoms with Crippen molar-refractivity contribution in [2.24, 2.45) is 0 Å². The molecule has 3 nitrogen and oxygen atoms in total. The van der Waals surface area contributed by atoms with Gasteiger partial charge in [-0.25, -0.2) is 4.98 Å². The molecule has 82 valence electrons. The number of halogens is 4. The smallest absolute Gasteiger partial charge is 0.318 e. The number of hydrogen-bond acceptors (Lipinski definition) is 2. The summed E-state index contributed by atoms with van der Waals surface area (Å²) in [5, 5.41) is 1.90. The first-order chi connectivity index (χ1) is 6.88. The molecule has 0 saturated carbocycles. The van der Waals surface area contributed by atoms with Gasteiger partial charge in [0, 0.05) is 0 Å². The molecule has 0 aliphatic heterocycles. The van der Waals surface area contributed by atoms with Gasteiger partial charge in [-0.1, -0.05) is 6.07 Å². The minimum atomic E-state index is -3.18. The summed E-state index contributed by atoms with van der Waals surface area (Å²) in [7, 11) is 0. The zero-order valence-electron chi connectivity index (χ0n) is 7.31. The molecular formula is C8H6BrF3N2O. The summed E-state index contributed by atoms with van der Waals surface area (Å²) in [6.07, 6.45) is 0. The Balaban J connectivity index is 2.62. The van der Waals surface area contributed by atoms with E-state index in [0.29, 0.717) is 0 Å². The van der Waals surface area contributed by atoms with Gasteiger partial charge >= 0.3 is 4.83 Å². The van der Waals surface area contributed by atoms with Crippen LogP contribution in [0.1, 0.15) is 10.5 Å². The molecule has 0 bridgehead atoms. The summed E-state index contributed by atoms with van der Waals surface area (Å²) in [4.78, 5) is 11.2. The van der Waals surface area contributed by atoms with Crippen LogP contribution in [0.4, 0.5) is 13.2 Å². The summed E-state index contributed by atoms with van der Waals surface area (Å²) in [5.74, 6) is -1.69. The molecule has 1 amide bonds. The number of carbonyl (C=O) groups excluding carboxylic acids is 1. The first-order valence-corrected chi connectivity index (χ1v) is 4.65. The maximum atomic E-state index is 12.6. The average Bonchev–Trinajstić information content (AvgIpc) is 2.13. The van der Waals surface area contributed by atoms with Crippen molar-refractivity contribution in [1.29, 1.82) is 0 Å². The lowest BCUT2D eigenvalue weighted by Crippen LogP contribution is -2.33. The van der Waals surface area contributed by atoms with Crippen molar-refractivity contribution in [2.45, 2.75) is 4.83 Å². The Labute approximate surface area is 91.8 Å².